The van der Waals surface area contributed by atoms with Gasteiger partial charge in [0, 0.05) is 25.8 Å². The fourth-order valence-corrected chi connectivity index (χ4v) is 2.83. The molecule has 2 fully saturated rings. The number of hydrogen-bond acceptors (Lipinski definition) is 4. The van der Waals surface area contributed by atoms with E-state index in [1.807, 2.05) is 19.3 Å². The monoisotopic (exact) mass is 204 g/mol. The molecule has 1 aromatic heterocycles. The largest absolute Gasteiger partial charge is 0.357 e. The zero-order valence-electron chi connectivity index (χ0n) is 8.98. The molecular formula is C11H16N4. The Bertz CT molecular complexity index is 365. The highest BCUT2D eigenvalue weighted by atomic mass is 15.3. The summed E-state index contributed by atoms with van der Waals surface area (Å²) in [5, 5.41) is 2.99. The SMILES string of the molecule is CNc1nccc(N2CC3CCC2C3)n1. The van der Waals surface area contributed by atoms with Gasteiger partial charge < -0.3 is 10.2 Å². The topological polar surface area (TPSA) is 41.1 Å². The minimum Gasteiger partial charge on any atom is -0.357 e. The lowest BCUT2D eigenvalue weighted by molar-refractivity contribution is 0.550. The minimum atomic E-state index is 0.718. The summed E-state index contributed by atoms with van der Waals surface area (Å²) >= 11 is 0. The quantitative estimate of drug-likeness (QED) is 0.792. The van der Waals surface area contributed by atoms with Crippen molar-refractivity contribution >= 4 is 11.8 Å². The normalized spacial score (nSPS) is 28.5. The third-order valence-corrected chi connectivity index (χ3v) is 3.57. The Kier molecular flexibility index (Phi) is 2.01. The number of hydrogen-bond donors (Lipinski definition) is 1. The summed E-state index contributed by atoms with van der Waals surface area (Å²) in [5.41, 5.74) is 0. The molecule has 1 saturated carbocycles. The average molecular weight is 204 g/mol. The zero-order valence-corrected chi connectivity index (χ0v) is 8.98. The van der Waals surface area contributed by atoms with Gasteiger partial charge in [0.1, 0.15) is 5.82 Å². The van der Waals surface area contributed by atoms with Gasteiger partial charge in [-0.15, -0.1) is 0 Å². The van der Waals surface area contributed by atoms with E-state index >= 15 is 0 Å². The minimum absolute atomic E-state index is 0.718. The van der Waals surface area contributed by atoms with E-state index < -0.39 is 0 Å². The van der Waals surface area contributed by atoms with Crippen molar-refractivity contribution in [1.82, 2.24) is 9.97 Å². The number of aromatic nitrogens is 2. The lowest BCUT2D eigenvalue weighted by Crippen LogP contribution is -2.32. The second-order valence-corrected chi connectivity index (χ2v) is 4.47. The van der Waals surface area contributed by atoms with E-state index in [4.69, 9.17) is 0 Å². The van der Waals surface area contributed by atoms with Crippen LogP contribution in [0.2, 0.25) is 0 Å². The predicted octanol–water partition coefficient (Wildman–Crippen LogP) is 1.51. The Morgan fingerprint density at radius 2 is 2.40 bits per heavy atom. The Balaban J connectivity index is 1.86. The maximum atomic E-state index is 4.50. The van der Waals surface area contributed by atoms with Crippen molar-refractivity contribution in [1.29, 1.82) is 0 Å². The maximum absolute atomic E-state index is 4.50. The zero-order chi connectivity index (χ0) is 10.3. The molecule has 2 aliphatic rings. The van der Waals surface area contributed by atoms with Gasteiger partial charge in [-0.3, -0.25) is 0 Å². The van der Waals surface area contributed by atoms with E-state index in [0.29, 0.717) is 0 Å². The predicted molar refractivity (Wildman–Crippen MR) is 60.1 cm³/mol. The van der Waals surface area contributed by atoms with Crippen LogP contribution in [0.15, 0.2) is 12.3 Å². The van der Waals surface area contributed by atoms with Crippen molar-refractivity contribution in [3.05, 3.63) is 12.3 Å². The molecule has 80 valence electrons. The molecule has 3 rings (SSSR count). The van der Waals surface area contributed by atoms with Crippen LogP contribution in [0.3, 0.4) is 0 Å². The number of nitrogens with one attached hydrogen (secondary N) is 1. The first-order valence-electron chi connectivity index (χ1n) is 5.64. The van der Waals surface area contributed by atoms with E-state index in [0.717, 1.165) is 23.7 Å². The molecular weight excluding hydrogens is 188 g/mol. The van der Waals surface area contributed by atoms with Gasteiger partial charge in [0.15, 0.2) is 0 Å². The van der Waals surface area contributed by atoms with E-state index in [1.165, 1.54) is 25.8 Å². The van der Waals surface area contributed by atoms with E-state index in [1.54, 1.807) is 0 Å². The highest BCUT2D eigenvalue weighted by Crippen LogP contribution is 2.39. The average Bonchev–Trinajstić information content (AvgIpc) is 2.91. The third-order valence-electron chi connectivity index (χ3n) is 3.57. The Labute approximate surface area is 89.7 Å². The molecule has 1 N–H and O–H groups in total. The number of piperidine rings is 1. The first-order chi connectivity index (χ1) is 7.36. The molecule has 2 bridgehead atoms. The molecule has 2 heterocycles. The molecule has 0 spiro atoms. The summed E-state index contributed by atoms with van der Waals surface area (Å²) in [6, 6.07) is 2.75. The summed E-state index contributed by atoms with van der Waals surface area (Å²) in [6.07, 6.45) is 5.94. The molecule has 4 nitrogen and oxygen atoms in total. The first-order valence-corrected chi connectivity index (χ1v) is 5.64. The van der Waals surface area contributed by atoms with Gasteiger partial charge in [0.25, 0.3) is 0 Å². The van der Waals surface area contributed by atoms with Crippen molar-refractivity contribution in [2.75, 3.05) is 23.8 Å². The van der Waals surface area contributed by atoms with Crippen LogP contribution in [-0.2, 0) is 0 Å². The molecule has 2 atom stereocenters. The third kappa shape index (κ3) is 1.44. The molecule has 4 heteroatoms. The van der Waals surface area contributed by atoms with Gasteiger partial charge in [-0.1, -0.05) is 0 Å². The molecule has 1 aromatic rings. The maximum Gasteiger partial charge on any atom is 0.224 e. The van der Waals surface area contributed by atoms with Crippen LogP contribution in [-0.4, -0.2) is 29.6 Å². The Hall–Kier alpha value is -1.32. The van der Waals surface area contributed by atoms with Crippen molar-refractivity contribution < 1.29 is 0 Å². The van der Waals surface area contributed by atoms with Crippen molar-refractivity contribution in [2.45, 2.75) is 25.3 Å². The lowest BCUT2D eigenvalue weighted by Gasteiger charge is -2.27. The molecule has 0 radical (unpaired) electrons. The van der Waals surface area contributed by atoms with Crippen LogP contribution in [0, 0.1) is 5.92 Å². The highest BCUT2D eigenvalue weighted by Gasteiger charge is 2.38. The van der Waals surface area contributed by atoms with Crippen LogP contribution < -0.4 is 10.2 Å². The van der Waals surface area contributed by atoms with Crippen LogP contribution in [0.1, 0.15) is 19.3 Å². The number of fused-ring (bicyclic) bond motifs is 2. The summed E-state index contributed by atoms with van der Waals surface area (Å²) in [7, 11) is 1.86. The molecule has 0 aromatic carbocycles. The smallest absolute Gasteiger partial charge is 0.224 e. The fraction of sp³-hybridized carbons (Fsp3) is 0.636. The molecule has 1 aliphatic heterocycles. The molecule has 15 heavy (non-hydrogen) atoms. The van der Waals surface area contributed by atoms with Gasteiger partial charge in [0.2, 0.25) is 5.95 Å². The fourth-order valence-electron chi connectivity index (χ4n) is 2.83. The van der Waals surface area contributed by atoms with Gasteiger partial charge in [0.05, 0.1) is 0 Å². The van der Waals surface area contributed by atoms with Gasteiger partial charge in [-0.05, 0) is 31.2 Å². The molecule has 2 unspecified atom stereocenters. The van der Waals surface area contributed by atoms with Gasteiger partial charge in [-0.2, -0.15) is 4.98 Å². The van der Waals surface area contributed by atoms with Crippen LogP contribution >= 0.6 is 0 Å². The summed E-state index contributed by atoms with van der Waals surface area (Å²) in [4.78, 5) is 11.1. The summed E-state index contributed by atoms with van der Waals surface area (Å²) in [5.74, 6) is 2.71. The summed E-state index contributed by atoms with van der Waals surface area (Å²) < 4.78 is 0. The second kappa shape index (κ2) is 3.36. The van der Waals surface area contributed by atoms with Gasteiger partial charge in [-0.25, -0.2) is 4.98 Å². The van der Waals surface area contributed by atoms with E-state index in [-0.39, 0.29) is 0 Å². The first kappa shape index (κ1) is 8.95. The Morgan fingerprint density at radius 3 is 3.07 bits per heavy atom. The van der Waals surface area contributed by atoms with Crippen molar-refractivity contribution in [3.63, 3.8) is 0 Å². The van der Waals surface area contributed by atoms with Gasteiger partial charge >= 0.3 is 0 Å². The molecule has 1 aliphatic carbocycles. The van der Waals surface area contributed by atoms with Crippen molar-refractivity contribution in [3.8, 4) is 0 Å². The summed E-state index contributed by atoms with van der Waals surface area (Å²) in [6.45, 7) is 1.19. The molecule has 1 saturated heterocycles. The highest BCUT2D eigenvalue weighted by molar-refractivity contribution is 5.45. The van der Waals surface area contributed by atoms with Crippen LogP contribution in [0.5, 0.6) is 0 Å². The second-order valence-electron chi connectivity index (χ2n) is 4.47. The number of nitrogens with zero attached hydrogens (tertiary/aromatic N) is 3. The van der Waals surface area contributed by atoms with Crippen LogP contribution in [0.4, 0.5) is 11.8 Å². The van der Waals surface area contributed by atoms with Crippen molar-refractivity contribution in [2.24, 2.45) is 5.92 Å². The van der Waals surface area contributed by atoms with E-state index in [9.17, 15) is 0 Å². The number of rotatable bonds is 2. The standard InChI is InChI=1S/C11H16N4/c1-12-11-13-5-4-10(14-11)15-7-8-2-3-9(15)6-8/h4-5,8-9H,2-3,6-7H2,1H3,(H,12,13,14). The lowest BCUT2D eigenvalue weighted by atomic mass is 10.1. The number of anilines is 2. The van der Waals surface area contributed by atoms with E-state index in [2.05, 4.69) is 20.2 Å². The Morgan fingerprint density at radius 1 is 1.47 bits per heavy atom. The van der Waals surface area contributed by atoms with Crippen LogP contribution in [0.25, 0.3) is 0 Å². The molecule has 0 amide bonds.